The van der Waals surface area contributed by atoms with Crippen molar-refractivity contribution < 1.29 is 0 Å². The summed E-state index contributed by atoms with van der Waals surface area (Å²) < 4.78 is 0. The Labute approximate surface area is 198 Å². The minimum absolute atomic E-state index is 0.589. The Morgan fingerprint density at radius 2 is 1.06 bits per heavy atom. The number of rotatable bonds is 8. The third-order valence-electron chi connectivity index (χ3n) is 5.65. The van der Waals surface area contributed by atoms with Crippen LogP contribution in [0.1, 0.15) is 22.5 Å². The van der Waals surface area contributed by atoms with Crippen LogP contribution in [0, 0.1) is 13.8 Å². The largest absolute Gasteiger partial charge is 0.363 e. The normalized spacial score (nSPS) is 10.9. The lowest BCUT2D eigenvalue weighted by atomic mass is 10.1. The summed E-state index contributed by atoms with van der Waals surface area (Å²) in [5, 5.41) is 21.6. The third kappa shape index (κ3) is 5.15. The number of aromatic amines is 2. The molecule has 7 heteroatoms. The molecule has 0 fully saturated rings. The van der Waals surface area contributed by atoms with Crippen LogP contribution in [-0.4, -0.2) is 25.4 Å². The average Bonchev–Trinajstić information content (AvgIpc) is 3.53. The maximum Gasteiger partial charge on any atom is 0.148 e. The van der Waals surface area contributed by atoms with E-state index in [1.165, 1.54) is 11.1 Å². The van der Waals surface area contributed by atoms with Gasteiger partial charge >= 0.3 is 0 Å². The average molecular weight is 450 g/mol. The molecule has 0 saturated carbocycles. The van der Waals surface area contributed by atoms with E-state index in [2.05, 4.69) is 93.4 Å². The van der Waals surface area contributed by atoms with Gasteiger partial charge in [-0.15, -0.1) is 0 Å². The van der Waals surface area contributed by atoms with Gasteiger partial charge in [0.1, 0.15) is 11.6 Å². The maximum absolute atomic E-state index is 4.75. The Morgan fingerprint density at radius 3 is 1.50 bits per heavy atom. The van der Waals surface area contributed by atoms with Crippen LogP contribution < -0.4 is 10.6 Å². The molecule has 5 rings (SSSR count). The number of hydrogen-bond acceptors (Lipinski definition) is 5. The second kappa shape index (κ2) is 9.62. The molecule has 2 aromatic carbocycles. The van der Waals surface area contributed by atoms with Crippen LogP contribution in [0.25, 0.3) is 22.5 Å². The summed E-state index contributed by atoms with van der Waals surface area (Å²) in [6.07, 6.45) is 0. The molecule has 34 heavy (non-hydrogen) atoms. The summed E-state index contributed by atoms with van der Waals surface area (Å²) in [6.45, 7) is 5.34. The maximum atomic E-state index is 4.75. The predicted molar refractivity (Wildman–Crippen MR) is 136 cm³/mol. The van der Waals surface area contributed by atoms with E-state index < -0.39 is 0 Å². The van der Waals surface area contributed by atoms with Crippen molar-refractivity contribution in [2.45, 2.75) is 26.9 Å². The Balaban J connectivity index is 1.17. The van der Waals surface area contributed by atoms with Crippen molar-refractivity contribution >= 4 is 11.6 Å². The highest BCUT2D eigenvalue weighted by Crippen LogP contribution is 2.21. The first kappa shape index (κ1) is 21.5. The molecule has 3 heterocycles. The number of H-pyrrole nitrogens is 2. The SMILES string of the molecule is Cc1ccc(-c2cc(NCc3cccc(CNc4cc(-c5ccc(C)cc5)[nH]n4)n3)n[nH]2)cc1. The van der Waals surface area contributed by atoms with E-state index in [0.29, 0.717) is 13.1 Å². The van der Waals surface area contributed by atoms with Crippen molar-refractivity contribution in [3.63, 3.8) is 0 Å². The zero-order valence-electron chi connectivity index (χ0n) is 19.3. The molecule has 0 spiro atoms. The van der Waals surface area contributed by atoms with Gasteiger partial charge in [0.2, 0.25) is 0 Å². The highest BCUT2D eigenvalue weighted by molar-refractivity contribution is 5.63. The number of nitrogens with zero attached hydrogens (tertiary/aromatic N) is 3. The van der Waals surface area contributed by atoms with Gasteiger partial charge in [-0.05, 0) is 37.1 Å². The zero-order chi connectivity index (χ0) is 23.3. The van der Waals surface area contributed by atoms with Gasteiger partial charge in [-0.1, -0.05) is 65.7 Å². The lowest BCUT2D eigenvalue weighted by molar-refractivity contribution is 0.948. The van der Waals surface area contributed by atoms with Crippen molar-refractivity contribution in [1.82, 2.24) is 25.4 Å². The molecule has 0 aliphatic heterocycles. The molecule has 170 valence electrons. The fraction of sp³-hybridized carbons (Fsp3) is 0.148. The van der Waals surface area contributed by atoms with Gasteiger partial charge < -0.3 is 10.6 Å². The fourth-order valence-corrected chi connectivity index (χ4v) is 3.67. The van der Waals surface area contributed by atoms with E-state index >= 15 is 0 Å². The number of nitrogens with one attached hydrogen (secondary N) is 4. The molecule has 0 bridgehead atoms. The van der Waals surface area contributed by atoms with Gasteiger partial charge in [-0.25, -0.2) is 0 Å². The minimum atomic E-state index is 0.589. The van der Waals surface area contributed by atoms with E-state index in [0.717, 1.165) is 45.5 Å². The number of benzene rings is 2. The van der Waals surface area contributed by atoms with Crippen molar-refractivity contribution in [2.75, 3.05) is 10.6 Å². The molecule has 4 N–H and O–H groups in total. The first-order valence-electron chi connectivity index (χ1n) is 11.3. The van der Waals surface area contributed by atoms with Gasteiger partial charge in [-0.3, -0.25) is 15.2 Å². The van der Waals surface area contributed by atoms with E-state index in [1.54, 1.807) is 0 Å². The highest BCUT2D eigenvalue weighted by Gasteiger charge is 2.06. The van der Waals surface area contributed by atoms with Crippen LogP contribution in [0.2, 0.25) is 0 Å². The molecule has 5 aromatic rings. The van der Waals surface area contributed by atoms with Crippen molar-refractivity contribution in [1.29, 1.82) is 0 Å². The van der Waals surface area contributed by atoms with Crippen LogP contribution in [0.4, 0.5) is 11.6 Å². The molecule has 3 aromatic heterocycles. The van der Waals surface area contributed by atoms with E-state index in [9.17, 15) is 0 Å². The molecule has 0 aliphatic carbocycles. The minimum Gasteiger partial charge on any atom is -0.363 e. The fourth-order valence-electron chi connectivity index (χ4n) is 3.67. The summed E-state index contributed by atoms with van der Waals surface area (Å²) in [5.74, 6) is 1.59. The van der Waals surface area contributed by atoms with Gasteiger partial charge in [0.15, 0.2) is 0 Å². The van der Waals surface area contributed by atoms with Gasteiger partial charge in [-0.2, -0.15) is 10.2 Å². The second-order valence-corrected chi connectivity index (χ2v) is 8.39. The molecule has 0 radical (unpaired) electrons. The van der Waals surface area contributed by atoms with E-state index in [4.69, 9.17) is 4.98 Å². The van der Waals surface area contributed by atoms with Gasteiger partial charge in [0, 0.05) is 12.1 Å². The van der Waals surface area contributed by atoms with Crippen molar-refractivity contribution in [2.24, 2.45) is 0 Å². The molecule has 0 saturated heterocycles. The number of hydrogen-bond donors (Lipinski definition) is 4. The Bertz CT molecular complexity index is 1260. The van der Waals surface area contributed by atoms with E-state index in [-0.39, 0.29) is 0 Å². The molecular formula is C27H27N7. The smallest absolute Gasteiger partial charge is 0.148 e. The molecule has 0 atom stereocenters. The Hall–Kier alpha value is -4.39. The number of anilines is 2. The summed E-state index contributed by atoms with van der Waals surface area (Å²) >= 11 is 0. The summed E-state index contributed by atoms with van der Waals surface area (Å²) in [5.41, 5.74) is 8.56. The molecular weight excluding hydrogens is 422 g/mol. The zero-order valence-corrected chi connectivity index (χ0v) is 19.3. The van der Waals surface area contributed by atoms with Gasteiger partial charge in [0.25, 0.3) is 0 Å². The van der Waals surface area contributed by atoms with Crippen molar-refractivity contribution in [3.8, 4) is 22.5 Å². The third-order valence-corrected chi connectivity index (χ3v) is 5.65. The number of aryl methyl sites for hydroxylation is 2. The van der Waals surface area contributed by atoms with Crippen LogP contribution >= 0.6 is 0 Å². The molecule has 0 aliphatic rings. The lowest BCUT2D eigenvalue weighted by Gasteiger charge is -2.06. The highest BCUT2D eigenvalue weighted by atomic mass is 15.2. The number of aromatic nitrogens is 5. The quantitative estimate of drug-likeness (QED) is 0.244. The predicted octanol–water partition coefficient (Wildman–Crippen LogP) is 5.70. The van der Waals surface area contributed by atoms with Crippen LogP contribution in [0.15, 0.2) is 78.9 Å². The Kier molecular flexibility index (Phi) is 6.07. The second-order valence-electron chi connectivity index (χ2n) is 8.39. The monoisotopic (exact) mass is 449 g/mol. The first-order chi connectivity index (χ1) is 16.6. The topological polar surface area (TPSA) is 94.3 Å². The van der Waals surface area contributed by atoms with Crippen LogP contribution in [-0.2, 0) is 13.1 Å². The lowest BCUT2D eigenvalue weighted by Crippen LogP contribution is -2.06. The summed E-state index contributed by atoms with van der Waals surface area (Å²) in [7, 11) is 0. The summed E-state index contributed by atoms with van der Waals surface area (Å²) in [4.78, 5) is 4.75. The molecule has 7 nitrogen and oxygen atoms in total. The summed E-state index contributed by atoms with van der Waals surface area (Å²) in [6, 6.07) is 26.8. The van der Waals surface area contributed by atoms with Crippen LogP contribution in [0.3, 0.4) is 0 Å². The number of pyridine rings is 1. The molecule has 0 amide bonds. The van der Waals surface area contributed by atoms with Crippen molar-refractivity contribution in [3.05, 3.63) is 101 Å². The first-order valence-corrected chi connectivity index (χ1v) is 11.3. The Morgan fingerprint density at radius 1 is 0.618 bits per heavy atom. The standard InChI is InChI=1S/C27H27N7/c1-18-6-10-20(11-7-18)24-14-26(33-31-24)28-16-22-4-3-5-23(30-22)17-29-27-15-25(32-34-27)21-12-8-19(2)9-13-21/h3-15H,16-17H2,1-2H3,(H2,28,31,33)(H2,29,32,34). The molecule has 0 unspecified atom stereocenters. The van der Waals surface area contributed by atoms with Gasteiger partial charge in [0.05, 0.1) is 35.9 Å². The van der Waals surface area contributed by atoms with Crippen LogP contribution in [0.5, 0.6) is 0 Å². The van der Waals surface area contributed by atoms with E-state index in [1.807, 2.05) is 30.3 Å².